The van der Waals surface area contributed by atoms with Gasteiger partial charge in [0.2, 0.25) is 0 Å². The number of aryl methyl sites for hydroxylation is 2. The zero-order valence-corrected chi connectivity index (χ0v) is 10.5. The maximum Gasteiger partial charge on any atom is 0.431 e. The second kappa shape index (κ2) is 4.85. The molecule has 0 fully saturated rings. The molecule has 7 heteroatoms. The van der Waals surface area contributed by atoms with E-state index in [-0.39, 0.29) is 12.1 Å². The van der Waals surface area contributed by atoms with E-state index in [0.29, 0.717) is 0 Å². The summed E-state index contributed by atoms with van der Waals surface area (Å²) in [5.41, 5.74) is -0.151. The van der Waals surface area contributed by atoms with Gasteiger partial charge in [0.25, 0.3) is 5.97 Å². The molecule has 0 radical (unpaired) electrons. The topological polar surface area (TPSA) is 35.1 Å². The smallest absolute Gasteiger partial charge is 0.431 e. The molecule has 0 N–H and O–H groups in total. The molecule has 1 rings (SSSR count). The SMILES string of the molecule is CC[C@@H](C(=O)OC)[B-](F)(F)c1n(C)cc[n+]1C. The number of hydrogen-bond acceptors (Lipinski definition) is 2. The highest BCUT2D eigenvalue weighted by atomic mass is 19.2. The minimum absolute atomic E-state index is 0.0465. The second-order valence-corrected chi connectivity index (χ2v) is 4.14. The second-order valence-electron chi connectivity index (χ2n) is 4.14. The van der Waals surface area contributed by atoms with Gasteiger partial charge < -0.3 is 13.4 Å². The summed E-state index contributed by atoms with van der Waals surface area (Å²) >= 11 is 0. The van der Waals surface area contributed by atoms with Crippen LogP contribution in [0.1, 0.15) is 13.3 Å². The van der Waals surface area contributed by atoms with Crippen LogP contribution in [0.3, 0.4) is 0 Å². The molecule has 0 aromatic carbocycles. The van der Waals surface area contributed by atoms with Crippen molar-refractivity contribution in [1.82, 2.24) is 4.57 Å². The highest BCUT2D eigenvalue weighted by Gasteiger charge is 2.47. The number of hydrogen-bond donors (Lipinski definition) is 0. The molecule has 1 atom stereocenters. The van der Waals surface area contributed by atoms with Crippen LogP contribution in [0.25, 0.3) is 0 Å². The van der Waals surface area contributed by atoms with Crippen molar-refractivity contribution in [3.05, 3.63) is 12.4 Å². The highest BCUT2D eigenvalue weighted by molar-refractivity contribution is 6.82. The van der Waals surface area contributed by atoms with Gasteiger partial charge in [-0.1, -0.05) is 13.3 Å². The summed E-state index contributed by atoms with van der Waals surface area (Å²) in [7, 11) is 4.20. The molecule has 0 aliphatic rings. The molecule has 0 saturated carbocycles. The van der Waals surface area contributed by atoms with Gasteiger partial charge in [-0.2, -0.15) is 0 Å². The third kappa shape index (κ3) is 2.32. The van der Waals surface area contributed by atoms with E-state index < -0.39 is 18.5 Å². The molecular formula is C10H17BF2N2O2. The summed E-state index contributed by atoms with van der Waals surface area (Å²) < 4.78 is 35.8. The van der Waals surface area contributed by atoms with Gasteiger partial charge in [-0.25, -0.2) is 0 Å². The van der Waals surface area contributed by atoms with Crippen LogP contribution >= 0.6 is 0 Å². The van der Waals surface area contributed by atoms with Crippen molar-refractivity contribution in [2.75, 3.05) is 7.11 Å². The predicted molar refractivity (Wildman–Crippen MR) is 60.3 cm³/mol. The summed E-state index contributed by atoms with van der Waals surface area (Å²) in [4.78, 5) is 11.4. The Balaban J connectivity index is 3.21. The summed E-state index contributed by atoms with van der Waals surface area (Å²) in [5, 5.41) is 0. The van der Waals surface area contributed by atoms with E-state index >= 15 is 0 Å². The van der Waals surface area contributed by atoms with Crippen LogP contribution in [-0.2, 0) is 23.6 Å². The first-order chi connectivity index (χ1) is 7.86. The summed E-state index contributed by atoms with van der Waals surface area (Å²) in [6, 6.07) is 0. The minimum atomic E-state index is -3.99. The van der Waals surface area contributed by atoms with Crippen molar-refractivity contribution in [3.8, 4) is 0 Å². The fourth-order valence-corrected chi connectivity index (χ4v) is 2.11. The Morgan fingerprint density at radius 1 is 1.65 bits per heavy atom. The molecule has 0 unspecified atom stereocenters. The maximum absolute atomic E-state index is 14.3. The molecule has 0 aliphatic heterocycles. The molecule has 1 aromatic heterocycles. The fourth-order valence-electron chi connectivity index (χ4n) is 2.11. The van der Waals surface area contributed by atoms with Crippen LogP contribution in [0.5, 0.6) is 0 Å². The molecule has 1 aromatic rings. The van der Waals surface area contributed by atoms with E-state index in [2.05, 4.69) is 4.74 Å². The number of halogens is 2. The Morgan fingerprint density at radius 3 is 2.59 bits per heavy atom. The van der Waals surface area contributed by atoms with Crippen LogP contribution in [-0.4, -0.2) is 24.3 Å². The van der Waals surface area contributed by atoms with Crippen LogP contribution in [0.2, 0.25) is 5.82 Å². The molecular weight excluding hydrogens is 229 g/mol. The van der Waals surface area contributed by atoms with Gasteiger partial charge in [0.1, 0.15) is 12.4 Å². The standard InChI is InChI=1S/C10H17BF2N2O2/c1-5-8(9(16)17-4)11(12,13)10-14(2)6-7-15(10)3/h6-8H,5H2,1-4H3/t8-/m0/s1. The molecule has 0 aliphatic carbocycles. The van der Waals surface area contributed by atoms with Crippen molar-refractivity contribution < 1.29 is 22.7 Å². The molecule has 0 spiro atoms. The largest absolute Gasteiger partial charge is 0.471 e. The lowest BCUT2D eigenvalue weighted by Crippen LogP contribution is -2.63. The summed E-state index contributed by atoms with van der Waals surface area (Å²) in [6.07, 6.45) is 3.12. The normalized spacial score (nSPS) is 13.5. The third-order valence-electron chi connectivity index (χ3n) is 3.03. The lowest BCUT2D eigenvalue weighted by molar-refractivity contribution is -0.654. The Kier molecular flexibility index (Phi) is 3.90. The molecule has 4 nitrogen and oxygen atoms in total. The zero-order valence-electron chi connectivity index (χ0n) is 10.5. The number of ether oxygens (including phenoxy) is 1. The predicted octanol–water partition coefficient (Wildman–Crippen LogP) is 0.391. The lowest BCUT2D eigenvalue weighted by atomic mass is 9.51. The number of methoxy groups -OCH3 is 1. The van der Waals surface area contributed by atoms with E-state index in [9.17, 15) is 13.4 Å². The number of imidazole rings is 1. The fraction of sp³-hybridized carbons (Fsp3) is 0.600. The molecule has 96 valence electrons. The maximum atomic E-state index is 14.3. The molecule has 0 saturated heterocycles. The van der Waals surface area contributed by atoms with Gasteiger partial charge in [-0.3, -0.25) is 13.9 Å². The van der Waals surface area contributed by atoms with Crippen LogP contribution in [0.4, 0.5) is 8.63 Å². The van der Waals surface area contributed by atoms with Gasteiger partial charge >= 0.3 is 6.70 Å². The first-order valence-corrected chi connectivity index (χ1v) is 5.47. The van der Waals surface area contributed by atoms with E-state index in [1.807, 2.05) is 0 Å². The van der Waals surface area contributed by atoms with Crippen LogP contribution in [0, 0.1) is 0 Å². The first-order valence-electron chi connectivity index (χ1n) is 5.47. The Bertz CT molecular complexity index is 401. The third-order valence-corrected chi connectivity index (χ3v) is 3.03. The number of rotatable bonds is 4. The van der Waals surface area contributed by atoms with Gasteiger partial charge in [-0.05, 0) is 0 Å². The van der Waals surface area contributed by atoms with Crippen molar-refractivity contribution in [2.45, 2.75) is 19.2 Å². The lowest BCUT2D eigenvalue weighted by Gasteiger charge is -2.28. The van der Waals surface area contributed by atoms with Crippen molar-refractivity contribution >= 4 is 18.4 Å². The monoisotopic (exact) mass is 246 g/mol. The zero-order chi connectivity index (χ0) is 13.2. The van der Waals surface area contributed by atoms with Gasteiger partial charge in [-0.15, -0.1) is 0 Å². The van der Waals surface area contributed by atoms with Gasteiger partial charge in [0.05, 0.1) is 21.2 Å². The molecule has 1 heterocycles. The van der Waals surface area contributed by atoms with E-state index in [0.717, 1.165) is 7.11 Å². The van der Waals surface area contributed by atoms with Crippen molar-refractivity contribution in [2.24, 2.45) is 14.1 Å². The number of nitrogens with zero attached hydrogens (tertiary/aromatic N) is 2. The van der Waals surface area contributed by atoms with Crippen molar-refractivity contribution in [1.29, 1.82) is 0 Å². The van der Waals surface area contributed by atoms with Crippen LogP contribution < -0.4 is 10.3 Å². The minimum Gasteiger partial charge on any atom is -0.471 e. The Morgan fingerprint density at radius 2 is 2.24 bits per heavy atom. The Hall–Kier alpha value is -1.40. The van der Waals surface area contributed by atoms with E-state index in [1.54, 1.807) is 6.92 Å². The molecule has 0 amide bonds. The first kappa shape index (κ1) is 13.7. The average Bonchev–Trinajstić information content (AvgIpc) is 2.59. The molecule has 17 heavy (non-hydrogen) atoms. The highest BCUT2D eigenvalue weighted by Crippen LogP contribution is 2.28. The quantitative estimate of drug-likeness (QED) is 0.437. The Labute approximate surface area is 99.2 Å². The average molecular weight is 246 g/mol. The summed E-state index contributed by atoms with van der Waals surface area (Å²) in [6.45, 7) is -2.43. The number of aromatic nitrogens is 2. The van der Waals surface area contributed by atoms with Crippen LogP contribution in [0.15, 0.2) is 12.4 Å². The number of carbonyl (C=O) groups is 1. The van der Waals surface area contributed by atoms with E-state index in [1.165, 1.54) is 35.6 Å². The van der Waals surface area contributed by atoms with E-state index in [4.69, 9.17) is 0 Å². The number of carbonyl (C=O) groups excluding carboxylic acids is 1. The molecule has 0 bridgehead atoms. The van der Waals surface area contributed by atoms with Gasteiger partial charge in [0.15, 0.2) is 5.72 Å². The number of esters is 1. The summed E-state index contributed by atoms with van der Waals surface area (Å²) in [5.74, 6) is -2.27. The van der Waals surface area contributed by atoms with Gasteiger partial charge in [0, 0.05) is 5.82 Å². The van der Waals surface area contributed by atoms with Crippen molar-refractivity contribution in [3.63, 3.8) is 0 Å².